The summed E-state index contributed by atoms with van der Waals surface area (Å²) in [5.74, 6) is 1.38. The molecule has 1 aliphatic carbocycles. The van der Waals surface area contributed by atoms with Gasteiger partial charge < -0.3 is 14.8 Å². The van der Waals surface area contributed by atoms with Gasteiger partial charge in [0, 0.05) is 5.56 Å². The molecule has 0 spiro atoms. The SMILES string of the molecule is CCOc1cc(C[NH2+]C2CCCCCCC2)cc(Cl)c1OCc1ccccc1. The van der Waals surface area contributed by atoms with Gasteiger partial charge in [-0.3, -0.25) is 0 Å². The van der Waals surface area contributed by atoms with Crippen molar-refractivity contribution in [3.63, 3.8) is 0 Å². The molecular formula is C24H33ClNO2+. The minimum Gasteiger partial charge on any atom is -0.490 e. The number of quaternary nitrogens is 1. The first kappa shape index (κ1) is 21.0. The first-order valence-electron chi connectivity index (χ1n) is 10.7. The summed E-state index contributed by atoms with van der Waals surface area (Å²) in [6, 6.07) is 15.0. The summed E-state index contributed by atoms with van der Waals surface area (Å²) in [7, 11) is 0. The summed E-state index contributed by atoms with van der Waals surface area (Å²) in [6.07, 6.45) is 9.55. The molecular weight excluding hydrogens is 370 g/mol. The quantitative estimate of drug-likeness (QED) is 0.633. The molecule has 152 valence electrons. The third-order valence-electron chi connectivity index (χ3n) is 5.43. The van der Waals surface area contributed by atoms with E-state index < -0.39 is 0 Å². The van der Waals surface area contributed by atoms with Crippen molar-refractivity contribution in [3.8, 4) is 11.5 Å². The van der Waals surface area contributed by atoms with Crippen molar-refractivity contribution in [3.05, 3.63) is 58.6 Å². The molecule has 0 heterocycles. The van der Waals surface area contributed by atoms with E-state index in [9.17, 15) is 0 Å². The smallest absolute Gasteiger partial charge is 0.180 e. The van der Waals surface area contributed by atoms with Gasteiger partial charge in [0.05, 0.1) is 17.7 Å². The highest BCUT2D eigenvalue weighted by molar-refractivity contribution is 6.32. The van der Waals surface area contributed by atoms with Crippen LogP contribution < -0.4 is 14.8 Å². The fraction of sp³-hybridized carbons (Fsp3) is 0.500. The molecule has 3 rings (SSSR count). The fourth-order valence-corrected chi connectivity index (χ4v) is 4.19. The van der Waals surface area contributed by atoms with E-state index in [1.165, 1.54) is 50.5 Å². The Labute approximate surface area is 174 Å². The zero-order valence-electron chi connectivity index (χ0n) is 17.0. The van der Waals surface area contributed by atoms with E-state index in [0.717, 1.165) is 23.9 Å². The van der Waals surface area contributed by atoms with Gasteiger partial charge in [0.15, 0.2) is 11.5 Å². The molecule has 1 fully saturated rings. The fourth-order valence-electron chi connectivity index (χ4n) is 3.90. The summed E-state index contributed by atoms with van der Waals surface area (Å²) >= 11 is 6.59. The highest BCUT2D eigenvalue weighted by Gasteiger charge is 2.17. The summed E-state index contributed by atoms with van der Waals surface area (Å²) in [6.45, 7) is 3.99. The Hall–Kier alpha value is -1.71. The van der Waals surface area contributed by atoms with Gasteiger partial charge in [0.1, 0.15) is 13.2 Å². The van der Waals surface area contributed by atoms with Crippen LogP contribution in [0.1, 0.15) is 63.0 Å². The molecule has 28 heavy (non-hydrogen) atoms. The monoisotopic (exact) mass is 402 g/mol. The summed E-state index contributed by atoms with van der Waals surface area (Å²) in [5, 5.41) is 3.11. The minimum atomic E-state index is 0.480. The second-order valence-corrected chi connectivity index (χ2v) is 8.06. The van der Waals surface area contributed by atoms with Crippen LogP contribution in [0.25, 0.3) is 0 Å². The first-order valence-corrected chi connectivity index (χ1v) is 11.1. The van der Waals surface area contributed by atoms with Gasteiger partial charge in [0.2, 0.25) is 0 Å². The molecule has 0 aromatic heterocycles. The van der Waals surface area contributed by atoms with E-state index >= 15 is 0 Å². The topological polar surface area (TPSA) is 35.1 Å². The molecule has 2 aromatic carbocycles. The molecule has 0 radical (unpaired) electrons. The molecule has 0 bridgehead atoms. The average Bonchev–Trinajstić information content (AvgIpc) is 2.67. The number of hydrogen-bond acceptors (Lipinski definition) is 2. The number of rotatable bonds is 8. The van der Waals surface area contributed by atoms with Gasteiger partial charge in [0.25, 0.3) is 0 Å². The lowest BCUT2D eigenvalue weighted by Gasteiger charge is -2.19. The standard InChI is InChI=1S/C24H32ClNO2/c1-2-27-23-16-20(17-26-21-13-9-4-3-5-10-14-21)15-22(25)24(23)28-18-19-11-7-6-8-12-19/h6-8,11-12,15-16,21,26H,2-5,9-10,13-14,17-18H2,1H3/p+1. The highest BCUT2D eigenvalue weighted by atomic mass is 35.5. The lowest BCUT2D eigenvalue weighted by Crippen LogP contribution is -2.88. The molecule has 2 aromatic rings. The number of nitrogens with two attached hydrogens (primary N) is 1. The van der Waals surface area contributed by atoms with E-state index in [-0.39, 0.29) is 0 Å². The van der Waals surface area contributed by atoms with Crippen LogP contribution in [0.2, 0.25) is 5.02 Å². The van der Waals surface area contributed by atoms with E-state index in [0.29, 0.717) is 24.0 Å². The van der Waals surface area contributed by atoms with Crippen LogP contribution in [-0.2, 0) is 13.2 Å². The predicted molar refractivity (Wildman–Crippen MR) is 115 cm³/mol. The summed E-state index contributed by atoms with van der Waals surface area (Å²) in [5.41, 5.74) is 2.31. The van der Waals surface area contributed by atoms with Gasteiger partial charge in [-0.2, -0.15) is 0 Å². The Morgan fingerprint density at radius 2 is 1.64 bits per heavy atom. The van der Waals surface area contributed by atoms with Crippen LogP contribution in [0.3, 0.4) is 0 Å². The average molecular weight is 403 g/mol. The Morgan fingerprint density at radius 3 is 2.36 bits per heavy atom. The van der Waals surface area contributed by atoms with Crippen LogP contribution in [0.4, 0.5) is 0 Å². The van der Waals surface area contributed by atoms with Crippen molar-refractivity contribution >= 4 is 11.6 Å². The van der Waals surface area contributed by atoms with Gasteiger partial charge in [-0.05, 0) is 50.3 Å². The van der Waals surface area contributed by atoms with Crippen LogP contribution in [0, 0.1) is 0 Å². The molecule has 0 atom stereocenters. The van der Waals surface area contributed by atoms with Crippen LogP contribution in [0.15, 0.2) is 42.5 Å². The third-order valence-corrected chi connectivity index (χ3v) is 5.71. The zero-order chi connectivity index (χ0) is 19.6. The molecule has 2 N–H and O–H groups in total. The first-order chi connectivity index (χ1) is 13.8. The molecule has 0 unspecified atom stereocenters. The van der Waals surface area contributed by atoms with Crippen molar-refractivity contribution in [1.82, 2.24) is 0 Å². The highest BCUT2D eigenvalue weighted by Crippen LogP contribution is 2.37. The van der Waals surface area contributed by atoms with Gasteiger partial charge >= 0.3 is 0 Å². The van der Waals surface area contributed by atoms with Gasteiger partial charge in [-0.15, -0.1) is 0 Å². The predicted octanol–water partition coefficient (Wildman–Crippen LogP) is 5.49. The molecule has 1 saturated carbocycles. The molecule has 0 amide bonds. The Kier molecular flexibility index (Phi) is 8.50. The molecule has 0 aliphatic heterocycles. The maximum absolute atomic E-state index is 6.59. The molecule has 0 saturated heterocycles. The largest absolute Gasteiger partial charge is 0.490 e. The molecule has 1 aliphatic rings. The van der Waals surface area contributed by atoms with Crippen molar-refractivity contribution in [1.29, 1.82) is 0 Å². The maximum Gasteiger partial charge on any atom is 0.180 e. The lowest BCUT2D eigenvalue weighted by atomic mass is 9.96. The van der Waals surface area contributed by atoms with E-state index in [2.05, 4.69) is 11.4 Å². The number of benzene rings is 2. The molecule has 3 nitrogen and oxygen atoms in total. The number of ether oxygens (including phenoxy) is 2. The number of halogens is 1. The van der Waals surface area contributed by atoms with E-state index in [4.69, 9.17) is 21.1 Å². The maximum atomic E-state index is 6.59. The van der Waals surface area contributed by atoms with Crippen molar-refractivity contribution in [2.75, 3.05) is 6.61 Å². The normalized spacial score (nSPS) is 15.6. The second kappa shape index (κ2) is 11.3. The zero-order valence-corrected chi connectivity index (χ0v) is 17.7. The van der Waals surface area contributed by atoms with Gasteiger partial charge in [-0.1, -0.05) is 61.2 Å². The Bertz CT molecular complexity index is 712. The van der Waals surface area contributed by atoms with Gasteiger partial charge in [-0.25, -0.2) is 0 Å². The summed E-state index contributed by atoms with van der Waals surface area (Å²) < 4.78 is 11.9. The van der Waals surface area contributed by atoms with Crippen LogP contribution in [-0.4, -0.2) is 12.6 Å². The van der Waals surface area contributed by atoms with E-state index in [1.54, 1.807) is 0 Å². The van der Waals surface area contributed by atoms with Crippen molar-refractivity contribution in [2.45, 2.75) is 71.1 Å². The summed E-state index contributed by atoms with van der Waals surface area (Å²) in [4.78, 5) is 0. The van der Waals surface area contributed by atoms with Crippen LogP contribution >= 0.6 is 11.6 Å². The third kappa shape index (κ3) is 6.42. The van der Waals surface area contributed by atoms with Crippen LogP contribution in [0.5, 0.6) is 11.5 Å². The Balaban J connectivity index is 1.65. The minimum absolute atomic E-state index is 0.480. The Morgan fingerprint density at radius 1 is 0.929 bits per heavy atom. The lowest BCUT2D eigenvalue weighted by molar-refractivity contribution is -0.706. The van der Waals surface area contributed by atoms with Crippen molar-refractivity contribution < 1.29 is 14.8 Å². The van der Waals surface area contributed by atoms with Crippen molar-refractivity contribution in [2.24, 2.45) is 0 Å². The second-order valence-electron chi connectivity index (χ2n) is 7.66. The number of hydrogen-bond donors (Lipinski definition) is 1. The molecule has 4 heteroatoms. The van der Waals surface area contributed by atoms with E-state index in [1.807, 2.05) is 43.3 Å².